The number of unbranched alkanes of at least 4 members (excludes halogenated alkanes) is 2. The zero-order chi connectivity index (χ0) is 14.3. The molecule has 0 N–H and O–H groups in total. The van der Waals surface area contributed by atoms with Crippen LogP contribution < -0.4 is 0 Å². The van der Waals surface area contributed by atoms with Crippen molar-refractivity contribution in [3.8, 4) is 35.5 Å². The maximum absolute atomic E-state index is 5.50. The molecule has 1 unspecified atom stereocenters. The second kappa shape index (κ2) is 12.6. The van der Waals surface area contributed by atoms with Crippen LogP contribution in [0.15, 0.2) is 0 Å². The lowest BCUT2D eigenvalue weighted by Crippen LogP contribution is -2.22. The van der Waals surface area contributed by atoms with Crippen LogP contribution in [-0.2, 0) is 9.47 Å². The molecular weight excluding hydrogens is 248 g/mol. The highest BCUT2D eigenvalue weighted by Gasteiger charge is 2.12. The van der Waals surface area contributed by atoms with Gasteiger partial charge >= 0.3 is 0 Å². The molecule has 0 radical (unpaired) electrons. The van der Waals surface area contributed by atoms with Gasteiger partial charge in [0.25, 0.3) is 0 Å². The fraction of sp³-hybridized carbons (Fsp3) is 0.667. The third-order valence-electron chi connectivity index (χ3n) is 2.86. The molecule has 1 aliphatic heterocycles. The summed E-state index contributed by atoms with van der Waals surface area (Å²) in [6.45, 7) is 3.41. The molecule has 0 aromatic carbocycles. The molecular formula is C18H24O2. The normalized spacial score (nSPS) is 16.9. The summed E-state index contributed by atoms with van der Waals surface area (Å²) in [6, 6.07) is 0. The minimum atomic E-state index is -0.0532. The molecule has 0 bridgehead atoms. The van der Waals surface area contributed by atoms with Crippen LogP contribution in [0.3, 0.4) is 0 Å². The van der Waals surface area contributed by atoms with Gasteiger partial charge in [-0.3, -0.25) is 0 Å². The van der Waals surface area contributed by atoms with Gasteiger partial charge in [-0.25, -0.2) is 0 Å². The molecule has 20 heavy (non-hydrogen) atoms. The molecule has 0 aliphatic carbocycles. The third-order valence-corrected chi connectivity index (χ3v) is 2.86. The second-order valence-electron chi connectivity index (χ2n) is 4.62. The van der Waals surface area contributed by atoms with Gasteiger partial charge in [0, 0.05) is 13.0 Å². The van der Waals surface area contributed by atoms with Gasteiger partial charge in [-0.05, 0) is 25.7 Å². The second-order valence-corrected chi connectivity index (χ2v) is 4.62. The van der Waals surface area contributed by atoms with Crippen LogP contribution in [0.1, 0.15) is 58.3 Å². The zero-order valence-corrected chi connectivity index (χ0v) is 12.5. The molecule has 0 aromatic heterocycles. The average Bonchev–Trinajstić information content (AvgIpc) is 2.49. The molecule has 1 atom stereocenters. The van der Waals surface area contributed by atoms with Crippen molar-refractivity contribution in [1.29, 1.82) is 0 Å². The molecule has 0 aromatic rings. The molecule has 0 saturated carbocycles. The Balaban J connectivity index is 2.00. The standard InChI is InChI=1S/C18H24O2/c1-2-3-4-5-6-7-8-9-10-11-13-16-19-18-15-12-14-17-20-18/h18H,2-4,7,10,12,14-17H2,1H3. The minimum Gasteiger partial charge on any atom is -0.353 e. The van der Waals surface area contributed by atoms with Crippen LogP contribution in [-0.4, -0.2) is 19.5 Å². The molecule has 1 aliphatic rings. The molecule has 1 heterocycles. The lowest BCUT2D eigenvalue weighted by molar-refractivity contribution is -0.154. The largest absolute Gasteiger partial charge is 0.353 e. The van der Waals surface area contributed by atoms with Gasteiger partial charge in [0.1, 0.15) is 6.61 Å². The van der Waals surface area contributed by atoms with E-state index >= 15 is 0 Å². The topological polar surface area (TPSA) is 18.5 Å². The van der Waals surface area contributed by atoms with Gasteiger partial charge in [-0.15, -0.1) is 5.92 Å². The Kier molecular flexibility index (Phi) is 10.5. The Morgan fingerprint density at radius 1 is 1.00 bits per heavy atom. The number of rotatable bonds is 4. The van der Waals surface area contributed by atoms with Gasteiger partial charge in [0.05, 0.1) is 12.8 Å². The van der Waals surface area contributed by atoms with Crippen LogP contribution in [0.25, 0.3) is 0 Å². The fourth-order valence-corrected chi connectivity index (χ4v) is 1.72. The van der Waals surface area contributed by atoms with E-state index in [-0.39, 0.29) is 6.29 Å². The molecule has 0 amide bonds. The maximum atomic E-state index is 5.50. The summed E-state index contributed by atoms with van der Waals surface area (Å²) in [5.41, 5.74) is 0. The smallest absolute Gasteiger partial charge is 0.158 e. The number of ether oxygens (including phenoxy) is 2. The van der Waals surface area contributed by atoms with Gasteiger partial charge in [0.15, 0.2) is 6.29 Å². The molecule has 2 nitrogen and oxygen atoms in total. The first-order valence-electron chi connectivity index (χ1n) is 7.54. The summed E-state index contributed by atoms with van der Waals surface area (Å²) in [5, 5.41) is 0. The van der Waals surface area contributed by atoms with E-state index in [1.807, 2.05) is 0 Å². The molecule has 1 fully saturated rings. The molecule has 2 heteroatoms. The van der Waals surface area contributed by atoms with Crippen LogP contribution in [0.5, 0.6) is 0 Å². The SMILES string of the molecule is CCCCC#CCC#CCC#CCOC1CCCCO1. The van der Waals surface area contributed by atoms with E-state index in [0.717, 1.165) is 25.9 Å². The van der Waals surface area contributed by atoms with E-state index in [1.54, 1.807) is 0 Å². The number of hydrogen-bond donors (Lipinski definition) is 0. The maximum Gasteiger partial charge on any atom is 0.158 e. The van der Waals surface area contributed by atoms with Gasteiger partial charge in [-0.1, -0.05) is 42.9 Å². The van der Waals surface area contributed by atoms with Gasteiger partial charge in [-0.2, -0.15) is 0 Å². The molecule has 0 spiro atoms. The van der Waals surface area contributed by atoms with Crippen LogP contribution >= 0.6 is 0 Å². The first-order chi connectivity index (χ1) is 9.93. The van der Waals surface area contributed by atoms with E-state index in [9.17, 15) is 0 Å². The van der Waals surface area contributed by atoms with E-state index < -0.39 is 0 Å². The van der Waals surface area contributed by atoms with Crippen LogP contribution in [0.2, 0.25) is 0 Å². The zero-order valence-electron chi connectivity index (χ0n) is 12.5. The monoisotopic (exact) mass is 272 g/mol. The molecule has 1 rings (SSSR count). The Hall–Kier alpha value is -1.40. The predicted octanol–water partition coefficient (Wildman–Crippen LogP) is 3.51. The number of hydrogen-bond acceptors (Lipinski definition) is 2. The van der Waals surface area contributed by atoms with Crippen molar-refractivity contribution in [1.82, 2.24) is 0 Å². The van der Waals surface area contributed by atoms with Crippen molar-refractivity contribution in [3.63, 3.8) is 0 Å². The predicted molar refractivity (Wildman–Crippen MR) is 81.6 cm³/mol. The average molecular weight is 272 g/mol. The van der Waals surface area contributed by atoms with Crippen LogP contribution in [0.4, 0.5) is 0 Å². The first kappa shape index (κ1) is 16.7. The van der Waals surface area contributed by atoms with Crippen molar-refractivity contribution in [2.24, 2.45) is 0 Å². The van der Waals surface area contributed by atoms with Crippen molar-refractivity contribution >= 4 is 0 Å². The Morgan fingerprint density at radius 3 is 2.45 bits per heavy atom. The summed E-state index contributed by atoms with van der Waals surface area (Å²) in [5.74, 6) is 18.1. The highest BCUT2D eigenvalue weighted by Crippen LogP contribution is 2.12. The summed E-state index contributed by atoms with van der Waals surface area (Å²) in [6.07, 6.45) is 7.86. The minimum absolute atomic E-state index is 0.0532. The van der Waals surface area contributed by atoms with Gasteiger partial charge in [0.2, 0.25) is 0 Å². The Bertz CT molecular complexity index is 414. The quantitative estimate of drug-likeness (QED) is 0.576. The third kappa shape index (κ3) is 9.52. The van der Waals surface area contributed by atoms with E-state index in [2.05, 4.69) is 42.4 Å². The van der Waals surface area contributed by atoms with Crippen molar-refractivity contribution < 1.29 is 9.47 Å². The summed E-state index contributed by atoms with van der Waals surface area (Å²) < 4.78 is 10.9. The van der Waals surface area contributed by atoms with Crippen molar-refractivity contribution in [3.05, 3.63) is 0 Å². The summed E-state index contributed by atoms with van der Waals surface area (Å²) >= 11 is 0. The Labute approximate surface area is 123 Å². The molecule has 108 valence electrons. The van der Waals surface area contributed by atoms with Crippen molar-refractivity contribution in [2.45, 2.75) is 64.6 Å². The molecule has 1 saturated heterocycles. The lowest BCUT2D eigenvalue weighted by Gasteiger charge is -2.21. The van der Waals surface area contributed by atoms with Gasteiger partial charge < -0.3 is 9.47 Å². The summed E-state index contributed by atoms with van der Waals surface area (Å²) in [4.78, 5) is 0. The lowest BCUT2D eigenvalue weighted by atomic mass is 10.2. The Morgan fingerprint density at radius 2 is 1.75 bits per heavy atom. The van der Waals surface area contributed by atoms with E-state index in [4.69, 9.17) is 9.47 Å². The van der Waals surface area contributed by atoms with Crippen molar-refractivity contribution in [2.75, 3.05) is 13.2 Å². The first-order valence-corrected chi connectivity index (χ1v) is 7.54. The summed E-state index contributed by atoms with van der Waals surface area (Å²) in [7, 11) is 0. The highest BCUT2D eigenvalue weighted by atomic mass is 16.7. The highest BCUT2D eigenvalue weighted by molar-refractivity contribution is 5.16. The van der Waals surface area contributed by atoms with Crippen LogP contribution in [0, 0.1) is 35.5 Å². The van der Waals surface area contributed by atoms with E-state index in [1.165, 1.54) is 19.3 Å². The van der Waals surface area contributed by atoms with E-state index in [0.29, 0.717) is 19.4 Å². The fourth-order valence-electron chi connectivity index (χ4n) is 1.72.